The first-order valence-corrected chi connectivity index (χ1v) is 7.59. The Bertz CT molecular complexity index is 423. The normalized spacial score (nSPS) is 16.0. The van der Waals surface area contributed by atoms with Crippen LogP contribution in [0.2, 0.25) is 0 Å². The van der Waals surface area contributed by atoms with Crippen molar-refractivity contribution in [3.63, 3.8) is 0 Å². The quantitative estimate of drug-likeness (QED) is 0.828. The third kappa shape index (κ3) is 4.31. The molecule has 1 aromatic carbocycles. The van der Waals surface area contributed by atoms with Crippen molar-refractivity contribution in [2.75, 3.05) is 19.1 Å². The van der Waals surface area contributed by atoms with Gasteiger partial charge in [-0.2, -0.15) is 0 Å². The van der Waals surface area contributed by atoms with Gasteiger partial charge >= 0.3 is 0 Å². The van der Waals surface area contributed by atoms with Gasteiger partial charge in [-0.15, -0.1) is 0 Å². The van der Waals surface area contributed by atoms with Crippen LogP contribution in [0.4, 0.5) is 0 Å². The molecule has 2 N–H and O–H groups in total. The summed E-state index contributed by atoms with van der Waals surface area (Å²) in [7, 11) is 0.740. The van der Waals surface area contributed by atoms with Crippen LogP contribution in [0.25, 0.3) is 0 Å². The van der Waals surface area contributed by atoms with E-state index in [0.29, 0.717) is 11.5 Å². The lowest BCUT2D eigenvalue weighted by atomic mass is 10.1. The molecule has 0 aliphatic rings. The first kappa shape index (κ1) is 15.0. The number of hydrogen-bond donors (Lipinski definition) is 2. The average Bonchev–Trinajstić information content (AvgIpc) is 2.27. The summed E-state index contributed by atoms with van der Waals surface area (Å²) in [5.41, 5.74) is 0.810. The summed E-state index contributed by atoms with van der Waals surface area (Å²) in [6.45, 7) is 3.95. The van der Waals surface area contributed by atoms with Crippen molar-refractivity contribution >= 4 is 10.8 Å². The number of aromatic hydroxyl groups is 1. The van der Waals surface area contributed by atoms with Gasteiger partial charge in [0.15, 0.2) is 0 Å². The molecule has 0 heterocycles. The molecule has 4 nitrogen and oxygen atoms in total. The molecule has 18 heavy (non-hydrogen) atoms. The number of phenolic OH excluding ortho intramolecular Hbond substituents is 1. The molecule has 0 spiro atoms. The number of phenols is 1. The highest BCUT2D eigenvalue weighted by Gasteiger charge is 2.14. The molecule has 0 fully saturated rings. The number of nitrogens with one attached hydrogen (secondary N) is 1. The fourth-order valence-corrected chi connectivity index (χ4v) is 2.73. The number of hydrogen-bond acceptors (Lipinski definition) is 4. The van der Waals surface area contributed by atoms with Crippen LogP contribution in [-0.4, -0.2) is 34.5 Å². The molecular formula is C13H21NO3S. The van der Waals surface area contributed by atoms with Crippen molar-refractivity contribution in [2.45, 2.75) is 25.9 Å². The van der Waals surface area contributed by atoms with Gasteiger partial charge in [-0.05, 0) is 19.9 Å². The van der Waals surface area contributed by atoms with E-state index < -0.39 is 10.8 Å². The number of benzene rings is 1. The van der Waals surface area contributed by atoms with E-state index >= 15 is 0 Å². The Kier molecular flexibility index (Phi) is 5.62. The van der Waals surface area contributed by atoms with Crippen LogP contribution in [0.5, 0.6) is 11.5 Å². The largest absolute Gasteiger partial charge is 0.507 e. The first-order chi connectivity index (χ1) is 8.43. The van der Waals surface area contributed by atoms with Crippen LogP contribution in [0.3, 0.4) is 0 Å². The van der Waals surface area contributed by atoms with Crippen molar-refractivity contribution in [2.24, 2.45) is 0 Å². The van der Waals surface area contributed by atoms with Gasteiger partial charge in [-0.3, -0.25) is 4.21 Å². The maximum Gasteiger partial charge on any atom is 0.124 e. The fourth-order valence-electron chi connectivity index (χ4n) is 1.93. The Morgan fingerprint density at radius 2 is 2.11 bits per heavy atom. The van der Waals surface area contributed by atoms with Crippen LogP contribution >= 0.6 is 0 Å². The maximum absolute atomic E-state index is 11.1. The Morgan fingerprint density at radius 1 is 1.44 bits per heavy atom. The summed E-state index contributed by atoms with van der Waals surface area (Å²) in [6, 6.07) is 5.37. The zero-order valence-corrected chi connectivity index (χ0v) is 12.1. The minimum atomic E-state index is -0.824. The van der Waals surface area contributed by atoms with Gasteiger partial charge in [0.2, 0.25) is 0 Å². The van der Waals surface area contributed by atoms with E-state index in [-0.39, 0.29) is 17.8 Å². The summed E-state index contributed by atoms with van der Waals surface area (Å²) in [6.07, 6.45) is 1.69. The predicted octanol–water partition coefficient (Wildman–Crippen LogP) is 1.82. The molecule has 0 radical (unpaired) electrons. The molecule has 5 heteroatoms. The van der Waals surface area contributed by atoms with Crippen LogP contribution < -0.4 is 10.1 Å². The second-order valence-electron chi connectivity index (χ2n) is 4.45. The lowest BCUT2D eigenvalue weighted by molar-refractivity contribution is 0.402. The van der Waals surface area contributed by atoms with Crippen LogP contribution in [0.1, 0.15) is 25.5 Å². The Morgan fingerprint density at radius 3 is 2.61 bits per heavy atom. The summed E-state index contributed by atoms with van der Waals surface area (Å²) < 4.78 is 16.2. The van der Waals surface area contributed by atoms with Gasteiger partial charge < -0.3 is 15.2 Å². The molecule has 0 aliphatic heterocycles. The monoisotopic (exact) mass is 271 g/mol. The average molecular weight is 271 g/mol. The molecule has 0 aromatic heterocycles. The van der Waals surface area contributed by atoms with Gasteiger partial charge in [0.1, 0.15) is 11.5 Å². The van der Waals surface area contributed by atoms with Gasteiger partial charge in [-0.1, -0.05) is 6.07 Å². The lowest BCUT2D eigenvalue weighted by Crippen LogP contribution is -2.33. The van der Waals surface area contributed by atoms with Crippen molar-refractivity contribution in [3.05, 3.63) is 23.8 Å². The number of rotatable bonds is 6. The van der Waals surface area contributed by atoms with Crippen molar-refractivity contribution < 1.29 is 14.1 Å². The zero-order valence-electron chi connectivity index (χ0n) is 11.3. The van der Waals surface area contributed by atoms with E-state index in [9.17, 15) is 9.32 Å². The summed E-state index contributed by atoms with van der Waals surface area (Å²) in [4.78, 5) is 0. The highest BCUT2D eigenvalue weighted by Crippen LogP contribution is 2.28. The van der Waals surface area contributed by atoms with E-state index in [1.165, 1.54) is 0 Å². The summed E-state index contributed by atoms with van der Waals surface area (Å²) >= 11 is 0. The zero-order chi connectivity index (χ0) is 13.7. The number of methoxy groups -OCH3 is 1. The van der Waals surface area contributed by atoms with Crippen molar-refractivity contribution in [1.29, 1.82) is 0 Å². The molecule has 1 rings (SSSR count). The third-order valence-corrected chi connectivity index (χ3v) is 3.69. The van der Waals surface area contributed by atoms with Gasteiger partial charge in [-0.25, -0.2) is 0 Å². The summed E-state index contributed by atoms with van der Waals surface area (Å²) in [5, 5.41) is 13.2. The molecule has 102 valence electrons. The highest BCUT2D eigenvalue weighted by molar-refractivity contribution is 7.84. The van der Waals surface area contributed by atoms with E-state index in [1.54, 1.807) is 19.4 Å². The van der Waals surface area contributed by atoms with E-state index in [1.807, 2.05) is 26.0 Å². The third-order valence-electron chi connectivity index (χ3n) is 2.72. The Balaban J connectivity index is 2.72. The topological polar surface area (TPSA) is 58.6 Å². The van der Waals surface area contributed by atoms with Crippen molar-refractivity contribution in [1.82, 2.24) is 5.32 Å². The molecule has 0 saturated heterocycles. The van der Waals surface area contributed by atoms with Gasteiger partial charge in [0.05, 0.1) is 7.11 Å². The van der Waals surface area contributed by atoms with Crippen LogP contribution in [-0.2, 0) is 10.8 Å². The second kappa shape index (κ2) is 6.75. The van der Waals surface area contributed by atoms with E-state index in [2.05, 4.69) is 5.32 Å². The van der Waals surface area contributed by atoms with E-state index in [4.69, 9.17) is 4.74 Å². The highest BCUT2D eigenvalue weighted by atomic mass is 32.2. The number of ether oxygens (including phenoxy) is 1. The smallest absolute Gasteiger partial charge is 0.124 e. The standard InChI is InChI=1S/C13H21NO3S/c1-9(8-18(4)16)14-10(2)12-6-5-11(17-3)7-13(12)15/h5-7,9-10,14-15H,8H2,1-4H3. The molecule has 0 bridgehead atoms. The second-order valence-corrected chi connectivity index (χ2v) is 5.93. The fraction of sp³-hybridized carbons (Fsp3) is 0.538. The molecular weight excluding hydrogens is 250 g/mol. The lowest BCUT2D eigenvalue weighted by Gasteiger charge is -2.20. The van der Waals surface area contributed by atoms with Gasteiger partial charge in [0, 0.05) is 46.5 Å². The van der Waals surface area contributed by atoms with Gasteiger partial charge in [0.25, 0.3) is 0 Å². The molecule has 0 aliphatic carbocycles. The predicted molar refractivity (Wildman–Crippen MR) is 74.6 cm³/mol. The minimum absolute atomic E-state index is 0.00513. The molecule has 0 saturated carbocycles. The minimum Gasteiger partial charge on any atom is -0.507 e. The molecule has 0 amide bonds. The molecule has 3 atom stereocenters. The Labute approximate surface area is 111 Å². The Hall–Kier alpha value is -1.07. The summed E-state index contributed by atoms with van der Waals surface area (Å²) in [5.74, 6) is 1.44. The van der Waals surface area contributed by atoms with Crippen LogP contribution in [0.15, 0.2) is 18.2 Å². The van der Waals surface area contributed by atoms with Crippen LogP contribution in [0, 0.1) is 0 Å². The van der Waals surface area contributed by atoms with E-state index in [0.717, 1.165) is 5.56 Å². The maximum atomic E-state index is 11.1. The first-order valence-electron chi connectivity index (χ1n) is 5.87. The molecule has 3 unspecified atom stereocenters. The SMILES string of the molecule is COc1ccc(C(C)NC(C)CS(C)=O)c(O)c1. The molecule has 1 aromatic rings. The van der Waals surface area contributed by atoms with Crippen molar-refractivity contribution in [3.8, 4) is 11.5 Å².